The average molecular weight is 248 g/mol. The van der Waals surface area contributed by atoms with Gasteiger partial charge in [0.15, 0.2) is 0 Å². The van der Waals surface area contributed by atoms with Crippen molar-refractivity contribution in [3.63, 3.8) is 0 Å². The third-order valence-electron chi connectivity index (χ3n) is 3.93. The van der Waals surface area contributed by atoms with Crippen LogP contribution in [0.1, 0.15) is 25.0 Å². The average Bonchev–Trinajstić information content (AvgIpc) is 2.37. The first-order chi connectivity index (χ1) is 8.73. The highest BCUT2D eigenvalue weighted by atomic mass is 16.5. The van der Waals surface area contributed by atoms with Crippen molar-refractivity contribution in [2.45, 2.75) is 43.4 Å². The fourth-order valence-electron chi connectivity index (χ4n) is 3.13. The molecule has 2 fully saturated rings. The lowest BCUT2D eigenvalue weighted by atomic mass is 9.79. The summed E-state index contributed by atoms with van der Waals surface area (Å²) in [6.07, 6.45) is 5.02. The summed E-state index contributed by atoms with van der Waals surface area (Å²) in [5, 5.41) is 14.2. The van der Waals surface area contributed by atoms with Gasteiger partial charge in [0.05, 0.1) is 18.8 Å². The van der Waals surface area contributed by atoms with Crippen molar-refractivity contribution in [1.29, 1.82) is 0 Å². The predicted octanol–water partition coefficient (Wildman–Crippen LogP) is 0.896. The number of ether oxygens (including phenoxy) is 1. The molecule has 2 N–H and O–H groups in total. The van der Waals surface area contributed by atoms with E-state index in [9.17, 15) is 5.11 Å². The smallest absolute Gasteiger partial charge is 0.0682 e. The molecule has 18 heavy (non-hydrogen) atoms. The third-order valence-corrected chi connectivity index (χ3v) is 3.93. The van der Waals surface area contributed by atoms with E-state index in [1.807, 2.05) is 24.4 Å². The molecule has 2 unspecified atom stereocenters. The van der Waals surface area contributed by atoms with Gasteiger partial charge in [0.25, 0.3) is 0 Å². The van der Waals surface area contributed by atoms with Crippen LogP contribution in [0.25, 0.3) is 0 Å². The maximum atomic E-state index is 10.7. The molecular formula is C14H20N2O2. The first-order valence-corrected chi connectivity index (χ1v) is 6.70. The molecule has 2 aliphatic heterocycles. The topological polar surface area (TPSA) is 54.4 Å². The van der Waals surface area contributed by atoms with Gasteiger partial charge in [0.1, 0.15) is 0 Å². The van der Waals surface area contributed by atoms with Crippen molar-refractivity contribution in [3.05, 3.63) is 30.1 Å². The maximum absolute atomic E-state index is 10.7. The van der Waals surface area contributed by atoms with Gasteiger partial charge < -0.3 is 15.2 Å². The number of nitrogens with zero attached hydrogens (tertiary/aromatic N) is 1. The summed E-state index contributed by atoms with van der Waals surface area (Å²) < 4.78 is 5.51. The fourth-order valence-corrected chi connectivity index (χ4v) is 3.13. The Morgan fingerprint density at radius 3 is 2.78 bits per heavy atom. The number of fused-ring (bicyclic) bond motifs is 2. The van der Waals surface area contributed by atoms with E-state index < -0.39 is 5.60 Å². The van der Waals surface area contributed by atoms with Crippen LogP contribution in [0, 0.1) is 0 Å². The van der Waals surface area contributed by atoms with Gasteiger partial charge in [-0.15, -0.1) is 0 Å². The minimum absolute atomic E-state index is 0.311. The number of morpholine rings is 1. The molecule has 1 aromatic rings. The Kier molecular flexibility index (Phi) is 3.33. The third kappa shape index (κ3) is 2.71. The molecule has 0 radical (unpaired) electrons. The highest BCUT2D eigenvalue weighted by molar-refractivity contribution is 5.06. The molecule has 0 amide bonds. The van der Waals surface area contributed by atoms with E-state index in [4.69, 9.17) is 4.74 Å². The summed E-state index contributed by atoms with van der Waals surface area (Å²) >= 11 is 0. The second-order valence-electron chi connectivity index (χ2n) is 5.55. The molecule has 2 atom stereocenters. The summed E-state index contributed by atoms with van der Waals surface area (Å²) in [4.78, 5) is 4.32. The van der Waals surface area contributed by atoms with Crippen molar-refractivity contribution in [3.8, 4) is 0 Å². The van der Waals surface area contributed by atoms with E-state index in [0.29, 0.717) is 12.1 Å². The monoisotopic (exact) mass is 248 g/mol. The van der Waals surface area contributed by atoms with Crippen LogP contribution >= 0.6 is 0 Å². The Morgan fingerprint density at radius 2 is 2.11 bits per heavy atom. The van der Waals surface area contributed by atoms with Gasteiger partial charge in [-0.2, -0.15) is 0 Å². The number of pyridine rings is 1. The number of aromatic nitrogens is 1. The van der Waals surface area contributed by atoms with Crippen LogP contribution in [-0.4, -0.2) is 41.0 Å². The number of rotatable bonds is 3. The molecule has 0 aliphatic carbocycles. The normalized spacial score (nSPS) is 35.4. The molecule has 4 nitrogen and oxygen atoms in total. The summed E-state index contributed by atoms with van der Waals surface area (Å²) in [6, 6.07) is 6.56. The summed E-state index contributed by atoms with van der Waals surface area (Å²) in [5.41, 5.74) is 0.507. The summed E-state index contributed by atoms with van der Waals surface area (Å²) in [7, 11) is 0. The first-order valence-electron chi connectivity index (χ1n) is 6.70. The van der Waals surface area contributed by atoms with E-state index >= 15 is 0 Å². The molecule has 0 aromatic carbocycles. The number of piperidine rings is 1. The number of hydrogen-bond donors (Lipinski definition) is 2. The van der Waals surface area contributed by atoms with E-state index in [-0.39, 0.29) is 0 Å². The second kappa shape index (κ2) is 4.96. The van der Waals surface area contributed by atoms with Crippen LogP contribution in [0.2, 0.25) is 0 Å². The van der Waals surface area contributed by atoms with Crippen LogP contribution in [0.4, 0.5) is 0 Å². The zero-order chi connectivity index (χ0) is 12.4. The first kappa shape index (κ1) is 12.1. The predicted molar refractivity (Wildman–Crippen MR) is 68.3 cm³/mol. The lowest BCUT2D eigenvalue weighted by Crippen LogP contribution is -2.59. The Labute approximate surface area is 107 Å². The molecular weight excluding hydrogens is 228 g/mol. The number of hydrogen-bond acceptors (Lipinski definition) is 4. The number of aliphatic hydroxyl groups is 1. The maximum Gasteiger partial charge on any atom is 0.0682 e. The highest BCUT2D eigenvalue weighted by Crippen LogP contribution is 2.31. The van der Waals surface area contributed by atoms with Crippen molar-refractivity contribution in [1.82, 2.24) is 10.3 Å². The standard InChI is InChI=1S/C14H20N2O2/c17-14(5-4-11-3-1-2-6-15-11)7-12-9-18-10-13(8-14)16-12/h1-3,6,12-13,16-17H,4-5,7-10H2. The van der Waals surface area contributed by atoms with Gasteiger partial charge in [0, 0.05) is 24.0 Å². The number of nitrogens with one attached hydrogen (secondary N) is 1. The molecule has 3 heterocycles. The molecule has 3 rings (SSSR count). The number of aryl methyl sites for hydroxylation is 1. The minimum Gasteiger partial charge on any atom is -0.390 e. The zero-order valence-electron chi connectivity index (χ0n) is 10.5. The second-order valence-corrected chi connectivity index (χ2v) is 5.55. The lowest BCUT2D eigenvalue weighted by Gasteiger charge is -2.45. The molecule has 0 spiro atoms. The van der Waals surface area contributed by atoms with E-state index in [2.05, 4.69) is 10.3 Å². The van der Waals surface area contributed by atoms with Crippen LogP contribution in [0.15, 0.2) is 24.4 Å². The summed E-state index contributed by atoms with van der Waals surface area (Å²) in [5.74, 6) is 0. The van der Waals surface area contributed by atoms with Crippen LogP contribution in [-0.2, 0) is 11.2 Å². The fraction of sp³-hybridized carbons (Fsp3) is 0.643. The van der Waals surface area contributed by atoms with Crippen molar-refractivity contribution in [2.24, 2.45) is 0 Å². The Hall–Kier alpha value is -0.970. The van der Waals surface area contributed by atoms with Crippen LogP contribution in [0.3, 0.4) is 0 Å². The molecule has 2 aliphatic rings. The van der Waals surface area contributed by atoms with E-state index in [1.165, 1.54) is 0 Å². The van der Waals surface area contributed by atoms with Crippen molar-refractivity contribution >= 4 is 0 Å². The summed E-state index contributed by atoms with van der Waals surface area (Å²) in [6.45, 7) is 1.45. The largest absolute Gasteiger partial charge is 0.390 e. The minimum atomic E-state index is -0.554. The van der Waals surface area contributed by atoms with Gasteiger partial charge in [-0.1, -0.05) is 6.07 Å². The van der Waals surface area contributed by atoms with Gasteiger partial charge in [-0.25, -0.2) is 0 Å². The SMILES string of the molecule is OC1(CCc2ccccn2)CC2COCC(C1)N2. The Balaban J connectivity index is 1.61. The molecule has 98 valence electrons. The molecule has 4 heteroatoms. The quantitative estimate of drug-likeness (QED) is 0.834. The van der Waals surface area contributed by atoms with Gasteiger partial charge in [0.2, 0.25) is 0 Å². The lowest BCUT2D eigenvalue weighted by molar-refractivity contribution is -0.0797. The Morgan fingerprint density at radius 1 is 1.33 bits per heavy atom. The molecule has 2 bridgehead atoms. The van der Waals surface area contributed by atoms with E-state index in [0.717, 1.165) is 44.6 Å². The zero-order valence-corrected chi connectivity index (χ0v) is 10.5. The van der Waals surface area contributed by atoms with Gasteiger partial charge >= 0.3 is 0 Å². The van der Waals surface area contributed by atoms with Crippen LogP contribution in [0.5, 0.6) is 0 Å². The van der Waals surface area contributed by atoms with Gasteiger partial charge in [-0.3, -0.25) is 4.98 Å². The van der Waals surface area contributed by atoms with Crippen molar-refractivity contribution < 1.29 is 9.84 Å². The van der Waals surface area contributed by atoms with Gasteiger partial charge in [-0.05, 0) is 37.8 Å². The molecule has 2 saturated heterocycles. The molecule has 0 saturated carbocycles. The van der Waals surface area contributed by atoms with E-state index in [1.54, 1.807) is 0 Å². The van der Waals surface area contributed by atoms with Crippen LogP contribution < -0.4 is 5.32 Å². The Bertz CT molecular complexity index is 384. The highest BCUT2D eigenvalue weighted by Gasteiger charge is 2.40. The van der Waals surface area contributed by atoms with Crippen molar-refractivity contribution in [2.75, 3.05) is 13.2 Å². The molecule has 1 aromatic heterocycles.